The van der Waals surface area contributed by atoms with Crippen molar-refractivity contribution < 1.29 is 9.32 Å². The molecule has 5 nitrogen and oxygen atoms in total. The van der Waals surface area contributed by atoms with Gasteiger partial charge >= 0.3 is 0 Å². The van der Waals surface area contributed by atoms with Crippen molar-refractivity contribution in [1.82, 2.24) is 15.5 Å². The number of fused-ring (bicyclic) bond motifs is 1. The number of carbonyl (C=O) groups is 1. The normalized spacial score (nSPS) is 11.2. The van der Waals surface area contributed by atoms with Crippen LogP contribution in [0.5, 0.6) is 0 Å². The Balaban J connectivity index is 1.71. The van der Waals surface area contributed by atoms with Crippen LogP contribution in [-0.2, 0) is 6.42 Å². The molecule has 2 aromatic heterocycles. The summed E-state index contributed by atoms with van der Waals surface area (Å²) in [5.41, 5.74) is 3.82. The highest BCUT2D eigenvalue weighted by molar-refractivity contribution is 6.06. The second-order valence-electron chi connectivity index (χ2n) is 6.54. The molecule has 0 saturated carbocycles. The van der Waals surface area contributed by atoms with Gasteiger partial charge in [0, 0.05) is 12.2 Å². The number of nitrogens with one attached hydrogen (secondary N) is 1. The lowest BCUT2D eigenvalue weighted by Gasteiger charge is -2.09. The fraction of sp³-hybridized carbons (Fsp3) is 0.350. The Morgan fingerprint density at radius 2 is 2.00 bits per heavy atom. The lowest BCUT2D eigenvalue weighted by atomic mass is 10.0. The topological polar surface area (TPSA) is 68.0 Å². The largest absolute Gasteiger partial charge is 0.352 e. The second kappa shape index (κ2) is 7.47. The summed E-state index contributed by atoms with van der Waals surface area (Å²) in [6.07, 6.45) is 1.83. The fourth-order valence-electron chi connectivity index (χ4n) is 2.82. The summed E-state index contributed by atoms with van der Waals surface area (Å²) in [7, 11) is 0. The van der Waals surface area contributed by atoms with Gasteiger partial charge in [0.05, 0.1) is 16.6 Å². The summed E-state index contributed by atoms with van der Waals surface area (Å²) in [6.45, 7) is 6.53. The van der Waals surface area contributed by atoms with Crippen LogP contribution in [-0.4, -0.2) is 22.6 Å². The van der Waals surface area contributed by atoms with E-state index in [0.717, 1.165) is 18.5 Å². The highest BCUT2D eigenvalue weighted by atomic mass is 16.5. The number of pyridine rings is 1. The molecule has 0 aliphatic heterocycles. The van der Waals surface area contributed by atoms with Crippen molar-refractivity contribution in [3.05, 3.63) is 58.9 Å². The first-order valence-electron chi connectivity index (χ1n) is 8.65. The van der Waals surface area contributed by atoms with Crippen molar-refractivity contribution in [1.29, 1.82) is 0 Å². The van der Waals surface area contributed by atoms with Crippen molar-refractivity contribution in [3.8, 4) is 0 Å². The SMILES string of the molecule is Cc1noc2nc(C(C)C)cc(C(=O)NCCCc3ccccc3)c12. The lowest BCUT2D eigenvalue weighted by molar-refractivity contribution is 0.0954. The summed E-state index contributed by atoms with van der Waals surface area (Å²) in [4.78, 5) is 17.2. The van der Waals surface area contributed by atoms with Crippen molar-refractivity contribution >= 4 is 17.0 Å². The summed E-state index contributed by atoms with van der Waals surface area (Å²) in [6, 6.07) is 12.1. The molecule has 3 aromatic rings. The molecule has 0 atom stereocenters. The van der Waals surface area contributed by atoms with Gasteiger partial charge in [-0.05, 0) is 37.3 Å². The zero-order valence-corrected chi connectivity index (χ0v) is 14.9. The van der Waals surface area contributed by atoms with Crippen LogP contribution in [0.2, 0.25) is 0 Å². The monoisotopic (exact) mass is 337 g/mol. The molecule has 0 aliphatic carbocycles. The van der Waals surface area contributed by atoms with E-state index in [2.05, 4.69) is 27.6 Å². The van der Waals surface area contributed by atoms with Gasteiger partial charge in [-0.3, -0.25) is 4.79 Å². The smallest absolute Gasteiger partial charge is 0.259 e. The maximum atomic E-state index is 12.7. The summed E-state index contributed by atoms with van der Waals surface area (Å²) in [5, 5.41) is 7.67. The third kappa shape index (κ3) is 3.87. The standard InChI is InChI=1S/C20H23N3O2/c1-13(2)17-12-16(18-14(3)23-25-20(18)22-17)19(24)21-11-7-10-15-8-5-4-6-9-15/h4-6,8-9,12-13H,7,10-11H2,1-3H3,(H,21,24). The van der Waals surface area contributed by atoms with E-state index in [1.165, 1.54) is 5.56 Å². The number of carbonyl (C=O) groups excluding carboxylic acids is 1. The molecule has 1 amide bonds. The maximum Gasteiger partial charge on any atom is 0.259 e. The number of rotatable bonds is 6. The minimum Gasteiger partial charge on any atom is -0.352 e. The third-order valence-electron chi connectivity index (χ3n) is 4.24. The van der Waals surface area contributed by atoms with Gasteiger partial charge in [-0.15, -0.1) is 0 Å². The fourth-order valence-corrected chi connectivity index (χ4v) is 2.82. The van der Waals surface area contributed by atoms with Crippen LogP contribution >= 0.6 is 0 Å². The highest BCUT2D eigenvalue weighted by Gasteiger charge is 2.19. The third-order valence-corrected chi connectivity index (χ3v) is 4.24. The van der Waals surface area contributed by atoms with Crippen molar-refractivity contribution in [3.63, 3.8) is 0 Å². The van der Waals surface area contributed by atoms with Crippen LogP contribution in [0, 0.1) is 6.92 Å². The summed E-state index contributed by atoms with van der Waals surface area (Å²) < 4.78 is 5.27. The van der Waals surface area contributed by atoms with Crippen LogP contribution in [0.1, 0.15) is 53.5 Å². The first-order chi connectivity index (χ1) is 12.1. The number of aromatic nitrogens is 2. The molecule has 3 rings (SSSR count). The molecule has 1 N–H and O–H groups in total. The van der Waals surface area contributed by atoms with Gasteiger partial charge in [-0.2, -0.15) is 0 Å². The van der Waals surface area contributed by atoms with Crippen LogP contribution in [0.4, 0.5) is 0 Å². The molecule has 2 heterocycles. The van der Waals surface area contributed by atoms with E-state index >= 15 is 0 Å². The molecule has 25 heavy (non-hydrogen) atoms. The van der Waals surface area contributed by atoms with E-state index < -0.39 is 0 Å². The Bertz CT molecular complexity index is 869. The van der Waals surface area contributed by atoms with Crippen LogP contribution < -0.4 is 5.32 Å². The van der Waals surface area contributed by atoms with Gasteiger partial charge in [0.2, 0.25) is 0 Å². The molecule has 0 fully saturated rings. The molecule has 1 aromatic carbocycles. The predicted octanol–water partition coefficient (Wildman–Crippen LogP) is 4.02. The zero-order valence-electron chi connectivity index (χ0n) is 14.9. The van der Waals surface area contributed by atoms with E-state index in [4.69, 9.17) is 4.52 Å². The molecule has 0 unspecified atom stereocenters. The molecule has 0 spiro atoms. The van der Waals surface area contributed by atoms with E-state index in [0.29, 0.717) is 28.9 Å². The minimum absolute atomic E-state index is 0.103. The molecule has 0 radical (unpaired) electrons. The molecule has 0 aliphatic rings. The Kier molecular flexibility index (Phi) is 5.12. The van der Waals surface area contributed by atoms with Gasteiger partial charge in [0.1, 0.15) is 0 Å². The van der Waals surface area contributed by atoms with Gasteiger partial charge < -0.3 is 9.84 Å². The van der Waals surface area contributed by atoms with E-state index in [1.54, 1.807) is 0 Å². The predicted molar refractivity (Wildman–Crippen MR) is 97.7 cm³/mol. The Hall–Kier alpha value is -2.69. The van der Waals surface area contributed by atoms with Crippen LogP contribution in [0.3, 0.4) is 0 Å². The Labute approximate surface area is 147 Å². The number of hydrogen-bond donors (Lipinski definition) is 1. The van der Waals surface area contributed by atoms with E-state index in [1.807, 2.05) is 45.0 Å². The first-order valence-corrected chi connectivity index (χ1v) is 8.65. The molecular formula is C20H23N3O2. The number of hydrogen-bond acceptors (Lipinski definition) is 4. The number of aryl methyl sites for hydroxylation is 2. The van der Waals surface area contributed by atoms with E-state index in [9.17, 15) is 4.79 Å². The van der Waals surface area contributed by atoms with Gasteiger partial charge in [0.15, 0.2) is 0 Å². The van der Waals surface area contributed by atoms with Gasteiger partial charge in [-0.25, -0.2) is 4.98 Å². The van der Waals surface area contributed by atoms with Gasteiger partial charge in [-0.1, -0.05) is 49.3 Å². The van der Waals surface area contributed by atoms with Crippen molar-refractivity contribution in [2.75, 3.05) is 6.54 Å². The van der Waals surface area contributed by atoms with Crippen LogP contribution in [0.15, 0.2) is 40.9 Å². The molecular weight excluding hydrogens is 314 g/mol. The minimum atomic E-state index is -0.103. The zero-order chi connectivity index (χ0) is 17.8. The maximum absolute atomic E-state index is 12.7. The number of benzene rings is 1. The molecule has 0 saturated heterocycles. The first kappa shape index (κ1) is 17.1. The number of amides is 1. The quantitative estimate of drug-likeness (QED) is 0.690. The lowest BCUT2D eigenvalue weighted by Crippen LogP contribution is -2.25. The van der Waals surface area contributed by atoms with Crippen LogP contribution in [0.25, 0.3) is 11.1 Å². The summed E-state index contributed by atoms with van der Waals surface area (Å²) >= 11 is 0. The van der Waals surface area contributed by atoms with Crippen molar-refractivity contribution in [2.24, 2.45) is 0 Å². The molecule has 0 bridgehead atoms. The highest BCUT2D eigenvalue weighted by Crippen LogP contribution is 2.25. The van der Waals surface area contributed by atoms with Crippen molar-refractivity contribution in [2.45, 2.75) is 39.5 Å². The molecule has 130 valence electrons. The average molecular weight is 337 g/mol. The Morgan fingerprint density at radius 3 is 2.72 bits per heavy atom. The molecule has 5 heteroatoms. The average Bonchev–Trinajstić information content (AvgIpc) is 3.00. The second-order valence-corrected chi connectivity index (χ2v) is 6.54. The van der Waals surface area contributed by atoms with E-state index in [-0.39, 0.29) is 11.8 Å². The van der Waals surface area contributed by atoms with Gasteiger partial charge in [0.25, 0.3) is 11.6 Å². The number of nitrogens with zero attached hydrogens (tertiary/aromatic N) is 2. The Morgan fingerprint density at radius 1 is 1.24 bits per heavy atom. The summed E-state index contributed by atoms with van der Waals surface area (Å²) in [5.74, 6) is 0.105.